The van der Waals surface area contributed by atoms with Crippen molar-refractivity contribution in [2.75, 3.05) is 72.6 Å². The number of piperazine rings is 1. The molecule has 7 heteroatoms. The van der Waals surface area contributed by atoms with E-state index < -0.39 is 8.56 Å². The maximum absolute atomic E-state index is 6.50. The van der Waals surface area contributed by atoms with Crippen molar-refractivity contribution in [3.8, 4) is 0 Å². The first-order chi connectivity index (χ1) is 11.5. The SMILES string of the molecule is CNCCNCCO[Si](OCCN1CCNCC1)(C(C)C)C(C)C. The Kier molecular flexibility index (Phi) is 11.3. The molecule has 0 aromatic rings. The Morgan fingerprint density at radius 1 is 0.958 bits per heavy atom. The molecule has 1 aliphatic rings. The number of hydrogen-bond donors (Lipinski definition) is 3. The molecule has 0 spiro atoms. The van der Waals surface area contributed by atoms with Gasteiger partial charge in [-0.1, -0.05) is 27.7 Å². The van der Waals surface area contributed by atoms with Gasteiger partial charge >= 0.3 is 8.56 Å². The summed E-state index contributed by atoms with van der Waals surface area (Å²) in [5.74, 6) is 0. The summed E-state index contributed by atoms with van der Waals surface area (Å²) in [7, 11) is -0.229. The van der Waals surface area contributed by atoms with E-state index >= 15 is 0 Å². The number of nitrogens with one attached hydrogen (secondary N) is 3. The number of rotatable bonds is 13. The third-order valence-electron chi connectivity index (χ3n) is 4.71. The third-order valence-corrected chi connectivity index (χ3v) is 9.24. The summed E-state index contributed by atoms with van der Waals surface area (Å²) in [4.78, 5) is 2.48. The minimum Gasteiger partial charge on any atom is -0.393 e. The fourth-order valence-electron chi connectivity index (χ4n) is 3.27. The Labute approximate surface area is 150 Å². The van der Waals surface area contributed by atoms with Crippen molar-refractivity contribution in [3.63, 3.8) is 0 Å². The molecule has 6 nitrogen and oxygen atoms in total. The van der Waals surface area contributed by atoms with E-state index in [0.29, 0.717) is 11.1 Å². The van der Waals surface area contributed by atoms with Crippen LogP contribution in [-0.2, 0) is 8.85 Å². The van der Waals surface area contributed by atoms with Gasteiger partial charge in [0.15, 0.2) is 0 Å². The number of hydrogen-bond acceptors (Lipinski definition) is 6. The van der Waals surface area contributed by atoms with Gasteiger partial charge in [-0.15, -0.1) is 0 Å². The topological polar surface area (TPSA) is 57.8 Å². The van der Waals surface area contributed by atoms with Crippen molar-refractivity contribution in [2.45, 2.75) is 38.8 Å². The summed E-state index contributed by atoms with van der Waals surface area (Å²) in [5, 5.41) is 9.95. The highest BCUT2D eigenvalue weighted by Crippen LogP contribution is 2.34. The summed E-state index contributed by atoms with van der Waals surface area (Å²) >= 11 is 0. The van der Waals surface area contributed by atoms with Crippen LogP contribution in [0.1, 0.15) is 27.7 Å². The van der Waals surface area contributed by atoms with Crippen molar-refractivity contribution in [3.05, 3.63) is 0 Å². The average molecular weight is 361 g/mol. The summed E-state index contributed by atoms with van der Waals surface area (Å²) in [5.41, 5.74) is 0.913. The first kappa shape index (κ1) is 22.0. The summed E-state index contributed by atoms with van der Waals surface area (Å²) in [6.07, 6.45) is 0. The highest BCUT2D eigenvalue weighted by molar-refractivity contribution is 6.70. The normalized spacial score (nSPS) is 17.1. The number of likely N-dealkylation sites (N-methyl/N-ethyl adjacent to an activating group) is 1. The second-order valence-electron chi connectivity index (χ2n) is 7.17. The Bertz CT molecular complexity index is 305. The lowest BCUT2D eigenvalue weighted by molar-refractivity contribution is 0.126. The van der Waals surface area contributed by atoms with E-state index in [4.69, 9.17) is 8.85 Å². The van der Waals surface area contributed by atoms with Crippen LogP contribution in [0.3, 0.4) is 0 Å². The summed E-state index contributed by atoms with van der Waals surface area (Å²) in [6, 6.07) is 0. The lowest BCUT2D eigenvalue weighted by atomic mass is 10.4. The minimum atomic E-state index is -2.20. The predicted octanol–water partition coefficient (Wildman–Crippen LogP) is 0.996. The zero-order valence-electron chi connectivity index (χ0n) is 16.5. The fraction of sp³-hybridized carbons (Fsp3) is 1.00. The standard InChI is InChI=1S/C17H40N4O2Si/c1-16(2)24(17(3)4,22-14-10-19-7-6-18-5)23-15-13-21-11-8-20-9-12-21/h16-20H,6-15H2,1-5H3. The second kappa shape index (κ2) is 12.3. The number of nitrogens with zero attached hydrogens (tertiary/aromatic N) is 1. The molecule has 1 aliphatic heterocycles. The van der Waals surface area contributed by atoms with Crippen LogP contribution in [0.15, 0.2) is 0 Å². The van der Waals surface area contributed by atoms with E-state index in [1.165, 1.54) is 0 Å². The summed E-state index contributed by atoms with van der Waals surface area (Å²) in [6.45, 7) is 18.8. The first-order valence-electron chi connectivity index (χ1n) is 9.59. The van der Waals surface area contributed by atoms with Gasteiger partial charge in [0, 0.05) is 65.6 Å². The molecule has 0 aliphatic carbocycles. The molecule has 24 heavy (non-hydrogen) atoms. The lowest BCUT2D eigenvalue weighted by Gasteiger charge is -2.38. The Hall–Kier alpha value is -0.0231. The molecule has 0 unspecified atom stereocenters. The van der Waals surface area contributed by atoms with E-state index in [-0.39, 0.29) is 0 Å². The maximum Gasteiger partial charge on any atom is 0.343 e. The molecule has 0 aromatic carbocycles. The maximum atomic E-state index is 6.50. The lowest BCUT2D eigenvalue weighted by Crippen LogP contribution is -2.51. The van der Waals surface area contributed by atoms with Crippen molar-refractivity contribution >= 4 is 8.56 Å². The molecule has 1 heterocycles. The highest BCUT2D eigenvalue weighted by atomic mass is 28.4. The second-order valence-corrected chi connectivity index (χ2v) is 11.5. The van der Waals surface area contributed by atoms with E-state index in [0.717, 1.165) is 65.6 Å². The molecular formula is C17H40N4O2Si. The van der Waals surface area contributed by atoms with Gasteiger partial charge in [0.05, 0.1) is 0 Å². The average Bonchev–Trinajstić information content (AvgIpc) is 2.56. The summed E-state index contributed by atoms with van der Waals surface area (Å²) < 4.78 is 12.9. The van der Waals surface area contributed by atoms with E-state index in [9.17, 15) is 0 Å². The molecule has 0 aromatic heterocycles. The van der Waals surface area contributed by atoms with Crippen LogP contribution in [0.5, 0.6) is 0 Å². The molecule has 1 fully saturated rings. The van der Waals surface area contributed by atoms with Crippen molar-refractivity contribution in [1.29, 1.82) is 0 Å². The zero-order chi connectivity index (χ0) is 17.8. The van der Waals surface area contributed by atoms with Gasteiger partial charge in [0.2, 0.25) is 0 Å². The van der Waals surface area contributed by atoms with Gasteiger partial charge in [0.25, 0.3) is 0 Å². The molecule has 1 saturated heterocycles. The molecule has 1 rings (SSSR count). The van der Waals surface area contributed by atoms with E-state index in [2.05, 4.69) is 48.5 Å². The van der Waals surface area contributed by atoms with Crippen molar-refractivity contribution < 1.29 is 8.85 Å². The fourth-order valence-corrected chi connectivity index (χ4v) is 6.85. The highest BCUT2D eigenvalue weighted by Gasteiger charge is 2.44. The Morgan fingerprint density at radius 2 is 1.58 bits per heavy atom. The quantitative estimate of drug-likeness (QED) is 0.336. The van der Waals surface area contributed by atoms with Gasteiger partial charge < -0.3 is 24.8 Å². The molecular weight excluding hydrogens is 320 g/mol. The van der Waals surface area contributed by atoms with Crippen LogP contribution in [0.2, 0.25) is 11.1 Å². The van der Waals surface area contributed by atoms with Crippen molar-refractivity contribution in [2.24, 2.45) is 0 Å². The molecule has 0 amide bonds. The predicted molar refractivity (Wildman–Crippen MR) is 104 cm³/mol. The Balaban J connectivity index is 2.42. The van der Waals surface area contributed by atoms with Crippen LogP contribution in [-0.4, -0.2) is 86.1 Å². The Morgan fingerprint density at radius 3 is 2.17 bits per heavy atom. The van der Waals surface area contributed by atoms with Gasteiger partial charge in [0.1, 0.15) is 0 Å². The van der Waals surface area contributed by atoms with E-state index in [1.54, 1.807) is 0 Å². The molecule has 144 valence electrons. The minimum absolute atomic E-state index is 0.456. The third kappa shape index (κ3) is 7.47. The van der Waals surface area contributed by atoms with Crippen LogP contribution >= 0.6 is 0 Å². The van der Waals surface area contributed by atoms with E-state index in [1.807, 2.05) is 7.05 Å². The van der Waals surface area contributed by atoms with Gasteiger partial charge in [-0.2, -0.15) is 0 Å². The molecule has 0 atom stereocenters. The first-order valence-corrected chi connectivity index (χ1v) is 11.6. The van der Waals surface area contributed by atoms with Crippen LogP contribution in [0.25, 0.3) is 0 Å². The molecule has 0 radical (unpaired) electrons. The van der Waals surface area contributed by atoms with Crippen molar-refractivity contribution in [1.82, 2.24) is 20.9 Å². The van der Waals surface area contributed by atoms with Crippen LogP contribution in [0.4, 0.5) is 0 Å². The van der Waals surface area contributed by atoms with Gasteiger partial charge in [-0.3, -0.25) is 4.90 Å². The van der Waals surface area contributed by atoms with Gasteiger partial charge in [-0.25, -0.2) is 0 Å². The zero-order valence-corrected chi connectivity index (χ0v) is 17.5. The molecule has 0 saturated carbocycles. The van der Waals surface area contributed by atoms with Crippen LogP contribution in [0, 0.1) is 0 Å². The van der Waals surface area contributed by atoms with Gasteiger partial charge in [-0.05, 0) is 18.1 Å². The molecule has 3 N–H and O–H groups in total. The monoisotopic (exact) mass is 360 g/mol. The smallest absolute Gasteiger partial charge is 0.343 e. The largest absolute Gasteiger partial charge is 0.393 e. The van der Waals surface area contributed by atoms with Crippen LogP contribution < -0.4 is 16.0 Å². The molecule has 0 bridgehead atoms.